The molecule has 1 heterocycles. The summed E-state index contributed by atoms with van der Waals surface area (Å²) in [7, 11) is 1.79. The van der Waals surface area contributed by atoms with Gasteiger partial charge >= 0.3 is 0 Å². The van der Waals surface area contributed by atoms with Crippen LogP contribution in [0.2, 0.25) is 0 Å². The molecule has 1 saturated carbocycles. The number of ether oxygens (including phenoxy) is 1. The van der Waals surface area contributed by atoms with Crippen LogP contribution in [0.5, 0.6) is 5.88 Å². The average Bonchev–Trinajstić information content (AvgIpc) is 3.00. The van der Waals surface area contributed by atoms with Gasteiger partial charge in [0.05, 0.1) is 0 Å². The van der Waals surface area contributed by atoms with E-state index in [1.54, 1.807) is 7.05 Å². The van der Waals surface area contributed by atoms with E-state index in [1.807, 2.05) is 18.3 Å². The predicted octanol–water partition coefficient (Wildman–Crippen LogP) is 3.34. The molecule has 6 heteroatoms. The lowest BCUT2D eigenvalue weighted by Gasteiger charge is -2.15. The third kappa shape index (κ3) is 7.37. The van der Waals surface area contributed by atoms with E-state index in [0.717, 1.165) is 36.8 Å². The number of nitrogens with one attached hydrogen (secondary N) is 2. The highest BCUT2D eigenvalue weighted by Crippen LogP contribution is 2.23. The molecule has 2 N–H and O–H groups in total. The average molecular weight is 432 g/mol. The van der Waals surface area contributed by atoms with Crippen molar-refractivity contribution in [1.29, 1.82) is 0 Å². The summed E-state index contributed by atoms with van der Waals surface area (Å²) in [6, 6.07) is 4.02. The molecule has 0 amide bonds. The molecule has 1 fully saturated rings. The summed E-state index contributed by atoms with van der Waals surface area (Å²) in [6.07, 6.45) is 6.99. The number of aromatic nitrogens is 1. The molecule has 2 rings (SSSR count). The van der Waals surface area contributed by atoms with Crippen LogP contribution in [0, 0.1) is 5.92 Å². The Hall–Kier alpha value is -1.05. The van der Waals surface area contributed by atoms with Crippen LogP contribution in [-0.2, 0) is 6.54 Å². The van der Waals surface area contributed by atoms with Gasteiger partial charge in [-0.3, -0.25) is 4.99 Å². The van der Waals surface area contributed by atoms with Crippen molar-refractivity contribution < 1.29 is 4.74 Å². The molecule has 0 aromatic carbocycles. The maximum absolute atomic E-state index is 5.94. The Kier molecular flexibility index (Phi) is 9.28. The van der Waals surface area contributed by atoms with Crippen molar-refractivity contribution in [3.05, 3.63) is 23.9 Å². The van der Waals surface area contributed by atoms with Gasteiger partial charge in [-0.25, -0.2) is 4.98 Å². The van der Waals surface area contributed by atoms with Crippen molar-refractivity contribution in [2.24, 2.45) is 10.9 Å². The maximum Gasteiger partial charge on any atom is 0.213 e. The first kappa shape index (κ1) is 20.0. The minimum absolute atomic E-state index is 0. The normalized spacial score (nSPS) is 15.4. The smallest absolute Gasteiger partial charge is 0.213 e. The second kappa shape index (κ2) is 10.7. The van der Waals surface area contributed by atoms with Crippen molar-refractivity contribution in [3.63, 3.8) is 0 Å². The molecular weight excluding hydrogens is 403 g/mol. The highest BCUT2D eigenvalue weighted by atomic mass is 127. The molecule has 1 aliphatic rings. The SMILES string of the molecule is CN=C(NCc1ccnc(OC2CCCC2)c1)NCC(C)C.I. The zero-order chi connectivity index (χ0) is 15.8. The zero-order valence-corrected chi connectivity index (χ0v) is 16.7. The first-order valence-electron chi connectivity index (χ1n) is 8.23. The molecule has 0 aliphatic heterocycles. The van der Waals surface area contributed by atoms with Crippen molar-refractivity contribution in [1.82, 2.24) is 15.6 Å². The van der Waals surface area contributed by atoms with Crippen molar-refractivity contribution in [2.45, 2.75) is 52.2 Å². The number of halogens is 1. The molecule has 0 saturated heterocycles. The summed E-state index contributed by atoms with van der Waals surface area (Å²) in [5.74, 6) is 2.14. The summed E-state index contributed by atoms with van der Waals surface area (Å²) in [5.41, 5.74) is 1.15. The van der Waals surface area contributed by atoms with E-state index in [-0.39, 0.29) is 24.0 Å². The standard InChI is InChI=1S/C17H28N4O.HI/c1-13(2)11-20-17(18-3)21-12-14-8-9-19-16(10-14)22-15-6-4-5-7-15;/h8-10,13,15H,4-7,11-12H2,1-3H3,(H2,18,20,21);1H. The molecule has 1 aromatic rings. The molecule has 0 atom stereocenters. The number of hydrogen-bond acceptors (Lipinski definition) is 3. The molecule has 5 nitrogen and oxygen atoms in total. The Bertz CT molecular complexity index is 487. The molecule has 0 radical (unpaired) electrons. The predicted molar refractivity (Wildman–Crippen MR) is 106 cm³/mol. The highest BCUT2D eigenvalue weighted by molar-refractivity contribution is 14.0. The van der Waals surface area contributed by atoms with Crippen LogP contribution < -0.4 is 15.4 Å². The second-order valence-corrected chi connectivity index (χ2v) is 6.23. The first-order chi connectivity index (χ1) is 10.7. The lowest BCUT2D eigenvalue weighted by molar-refractivity contribution is 0.201. The topological polar surface area (TPSA) is 58.5 Å². The fourth-order valence-electron chi connectivity index (χ4n) is 2.51. The van der Waals surface area contributed by atoms with Gasteiger partial charge in [-0.1, -0.05) is 13.8 Å². The van der Waals surface area contributed by atoms with Crippen LogP contribution in [0.4, 0.5) is 0 Å². The van der Waals surface area contributed by atoms with Gasteiger partial charge in [-0.2, -0.15) is 0 Å². The quantitative estimate of drug-likeness (QED) is 0.411. The Morgan fingerprint density at radius 2 is 2.09 bits per heavy atom. The minimum Gasteiger partial charge on any atom is -0.474 e. The summed E-state index contributed by atoms with van der Waals surface area (Å²) >= 11 is 0. The molecule has 23 heavy (non-hydrogen) atoms. The molecule has 0 bridgehead atoms. The monoisotopic (exact) mass is 432 g/mol. The van der Waals surface area contributed by atoms with Crippen LogP contribution in [-0.4, -0.2) is 30.6 Å². The van der Waals surface area contributed by atoms with E-state index in [9.17, 15) is 0 Å². The van der Waals surface area contributed by atoms with Gasteiger partial charge in [0.25, 0.3) is 0 Å². The number of nitrogens with zero attached hydrogens (tertiary/aromatic N) is 2. The van der Waals surface area contributed by atoms with E-state index >= 15 is 0 Å². The van der Waals surface area contributed by atoms with Gasteiger partial charge in [-0.15, -0.1) is 24.0 Å². The van der Waals surface area contributed by atoms with Crippen LogP contribution in [0.25, 0.3) is 0 Å². The third-order valence-electron chi connectivity index (χ3n) is 3.75. The fraction of sp³-hybridized carbons (Fsp3) is 0.647. The Labute approximate surface area is 156 Å². The number of pyridine rings is 1. The Morgan fingerprint density at radius 3 is 2.74 bits per heavy atom. The summed E-state index contributed by atoms with van der Waals surface area (Å²) in [4.78, 5) is 8.54. The fourth-order valence-corrected chi connectivity index (χ4v) is 2.51. The first-order valence-corrected chi connectivity index (χ1v) is 8.23. The third-order valence-corrected chi connectivity index (χ3v) is 3.75. The van der Waals surface area contributed by atoms with Gasteiger partial charge in [0.15, 0.2) is 5.96 Å². The second-order valence-electron chi connectivity index (χ2n) is 6.23. The lowest BCUT2D eigenvalue weighted by atomic mass is 10.2. The summed E-state index contributed by atoms with van der Waals surface area (Å²) < 4.78 is 5.94. The Morgan fingerprint density at radius 1 is 1.35 bits per heavy atom. The number of rotatable bonds is 6. The minimum atomic E-state index is 0. The summed E-state index contributed by atoms with van der Waals surface area (Å²) in [5, 5.41) is 6.62. The molecule has 0 unspecified atom stereocenters. The van der Waals surface area contributed by atoms with Gasteiger partial charge in [-0.05, 0) is 43.2 Å². The van der Waals surface area contributed by atoms with Crippen LogP contribution in [0.3, 0.4) is 0 Å². The van der Waals surface area contributed by atoms with Gasteiger partial charge in [0.2, 0.25) is 5.88 Å². The highest BCUT2D eigenvalue weighted by Gasteiger charge is 2.17. The van der Waals surface area contributed by atoms with E-state index in [0.29, 0.717) is 18.6 Å². The van der Waals surface area contributed by atoms with Crippen molar-refractivity contribution in [2.75, 3.05) is 13.6 Å². The molecular formula is C17H29IN4O. The largest absolute Gasteiger partial charge is 0.474 e. The van der Waals surface area contributed by atoms with Gasteiger partial charge in [0.1, 0.15) is 6.10 Å². The van der Waals surface area contributed by atoms with Crippen LogP contribution >= 0.6 is 24.0 Å². The maximum atomic E-state index is 5.94. The molecule has 0 spiro atoms. The number of aliphatic imine (C=N–C) groups is 1. The van der Waals surface area contributed by atoms with Gasteiger partial charge < -0.3 is 15.4 Å². The Balaban J connectivity index is 0.00000264. The summed E-state index contributed by atoms with van der Waals surface area (Å²) in [6.45, 7) is 5.97. The zero-order valence-electron chi connectivity index (χ0n) is 14.3. The van der Waals surface area contributed by atoms with E-state index in [1.165, 1.54) is 12.8 Å². The lowest BCUT2D eigenvalue weighted by Crippen LogP contribution is -2.38. The van der Waals surface area contributed by atoms with Crippen molar-refractivity contribution >= 4 is 29.9 Å². The molecule has 1 aromatic heterocycles. The van der Waals surface area contributed by atoms with Crippen molar-refractivity contribution in [3.8, 4) is 5.88 Å². The van der Waals surface area contributed by atoms with Crippen LogP contribution in [0.1, 0.15) is 45.1 Å². The van der Waals surface area contributed by atoms with E-state index in [4.69, 9.17) is 4.74 Å². The van der Waals surface area contributed by atoms with Gasteiger partial charge in [0, 0.05) is 32.4 Å². The molecule has 130 valence electrons. The molecule has 1 aliphatic carbocycles. The van der Waals surface area contributed by atoms with E-state index < -0.39 is 0 Å². The van der Waals surface area contributed by atoms with Crippen LogP contribution in [0.15, 0.2) is 23.3 Å². The number of guanidine groups is 1. The van der Waals surface area contributed by atoms with E-state index in [2.05, 4.69) is 34.5 Å². The number of hydrogen-bond donors (Lipinski definition) is 2.